The Morgan fingerprint density at radius 1 is 1.24 bits per heavy atom. The number of nitrogens with one attached hydrogen (secondary N) is 1. The lowest BCUT2D eigenvalue weighted by Gasteiger charge is -2.13. The Labute approximate surface area is 117 Å². The highest BCUT2D eigenvalue weighted by molar-refractivity contribution is 9.10. The Morgan fingerprint density at radius 2 is 2.00 bits per heavy atom. The van der Waals surface area contributed by atoms with Gasteiger partial charge in [-0.3, -0.25) is 4.98 Å². The summed E-state index contributed by atoms with van der Waals surface area (Å²) in [6, 6.07) is 6.06. The SMILES string of the molecule is Cc1ccc(Br)cc1Nc1c(N)cncc1Br. The summed E-state index contributed by atoms with van der Waals surface area (Å²) in [5.41, 5.74) is 9.50. The van der Waals surface area contributed by atoms with E-state index in [-0.39, 0.29) is 0 Å². The summed E-state index contributed by atoms with van der Waals surface area (Å²) in [7, 11) is 0. The first-order valence-corrected chi connectivity index (χ1v) is 6.58. The fourth-order valence-electron chi connectivity index (χ4n) is 1.45. The largest absolute Gasteiger partial charge is 0.396 e. The highest BCUT2D eigenvalue weighted by atomic mass is 79.9. The number of anilines is 3. The van der Waals surface area contributed by atoms with Crippen LogP contribution in [0.4, 0.5) is 17.1 Å². The van der Waals surface area contributed by atoms with E-state index < -0.39 is 0 Å². The fourth-order valence-corrected chi connectivity index (χ4v) is 2.25. The van der Waals surface area contributed by atoms with Gasteiger partial charge in [0.2, 0.25) is 0 Å². The molecule has 0 radical (unpaired) electrons. The molecule has 0 amide bonds. The predicted molar refractivity (Wildman–Crippen MR) is 78.5 cm³/mol. The van der Waals surface area contributed by atoms with Gasteiger partial charge in [0.25, 0.3) is 0 Å². The van der Waals surface area contributed by atoms with Crippen molar-refractivity contribution >= 4 is 48.9 Å². The Bertz CT molecular complexity index is 535. The molecule has 1 aromatic heterocycles. The maximum Gasteiger partial charge on any atom is 0.0794 e. The topological polar surface area (TPSA) is 50.9 Å². The quantitative estimate of drug-likeness (QED) is 0.846. The maximum atomic E-state index is 5.89. The van der Waals surface area contributed by atoms with Crippen LogP contribution in [0.5, 0.6) is 0 Å². The number of nitrogens with zero attached hydrogens (tertiary/aromatic N) is 1. The van der Waals surface area contributed by atoms with Gasteiger partial charge >= 0.3 is 0 Å². The first kappa shape index (κ1) is 12.4. The van der Waals surface area contributed by atoms with Gasteiger partial charge in [-0.2, -0.15) is 0 Å². The second-order valence-electron chi connectivity index (χ2n) is 3.67. The van der Waals surface area contributed by atoms with E-state index in [2.05, 4.69) is 42.2 Å². The molecule has 2 rings (SSSR count). The summed E-state index contributed by atoms with van der Waals surface area (Å²) in [5, 5.41) is 3.31. The molecule has 0 fully saturated rings. The number of benzene rings is 1. The molecule has 2 aromatic rings. The first-order chi connectivity index (χ1) is 8.08. The number of nitrogens with two attached hydrogens (primary N) is 1. The molecule has 0 bridgehead atoms. The molecule has 5 heteroatoms. The molecule has 1 aromatic carbocycles. The van der Waals surface area contributed by atoms with Gasteiger partial charge in [-0.05, 0) is 40.5 Å². The third-order valence-corrected chi connectivity index (χ3v) is 3.48. The van der Waals surface area contributed by atoms with Crippen molar-refractivity contribution in [3.63, 3.8) is 0 Å². The normalized spacial score (nSPS) is 10.3. The molecule has 3 N–H and O–H groups in total. The second-order valence-corrected chi connectivity index (χ2v) is 5.44. The van der Waals surface area contributed by atoms with E-state index in [1.54, 1.807) is 12.4 Å². The Balaban J connectivity index is 2.41. The van der Waals surface area contributed by atoms with E-state index in [1.165, 1.54) is 0 Å². The summed E-state index contributed by atoms with van der Waals surface area (Å²) in [5.74, 6) is 0. The number of halogens is 2. The van der Waals surface area contributed by atoms with Crippen LogP contribution in [0.25, 0.3) is 0 Å². The van der Waals surface area contributed by atoms with Crippen LogP contribution >= 0.6 is 31.9 Å². The van der Waals surface area contributed by atoms with Crippen LogP contribution in [0, 0.1) is 6.92 Å². The lowest BCUT2D eigenvalue weighted by Crippen LogP contribution is -1.99. The molecule has 0 unspecified atom stereocenters. The van der Waals surface area contributed by atoms with Crippen molar-refractivity contribution in [2.75, 3.05) is 11.1 Å². The zero-order valence-corrected chi connectivity index (χ0v) is 12.3. The van der Waals surface area contributed by atoms with Crippen molar-refractivity contribution in [2.24, 2.45) is 0 Å². The zero-order valence-electron chi connectivity index (χ0n) is 9.17. The predicted octanol–water partition coefficient (Wildman–Crippen LogP) is 4.24. The molecular formula is C12H11Br2N3. The van der Waals surface area contributed by atoms with Crippen LogP contribution < -0.4 is 11.1 Å². The van der Waals surface area contributed by atoms with Crippen molar-refractivity contribution in [2.45, 2.75) is 6.92 Å². The number of nitrogen functional groups attached to an aromatic ring is 1. The molecule has 17 heavy (non-hydrogen) atoms. The molecule has 0 spiro atoms. The summed E-state index contributed by atoms with van der Waals surface area (Å²) in [6.45, 7) is 2.04. The number of aryl methyl sites for hydroxylation is 1. The van der Waals surface area contributed by atoms with Crippen molar-refractivity contribution < 1.29 is 0 Å². The second kappa shape index (κ2) is 5.06. The smallest absolute Gasteiger partial charge is 0.0794 e. The molecule has 0 aliphatic carbocycles. The molecule has 3 nitrogen and oxygen atoms in total. The highest BCUT2D eigenvalue weighted by Crippen LogP contribution is 2.32. The molecule has 0 aliphatic heterocycles. The number of hydrogen-bond acceptors (Lipinski definition) is 3. The van der Waals surface area contributed by atoms with Crippen molar-refractivity contribution in [3.8, 4) is 0 Å². The van der Waals surface area contributed by atoms with Gasteiger partial charge in [0.15, 0.2) is 0 Å². The molecule has 0 saturated carbocycles. The maximum absolute atomic E-state index is 5.89. The van der Waals surface area contributed by atoms with Gasteiger partial charge in [0.1, 0.15) is 0 Å². The molecular weight excluding hydrogens is 346 g/mol. The fraction of sp³-hybridized carbons (Fsp3) is 0.0833. The van der Waals surface area contributed by atoms with Crippen molar-refractivity contribution in [1.82, 2.24) is 4.98 Å². The van der Waals surface area contributed by atoms with Crippen LogP contribution in [0.15, 0.2) is 39.5 Å². The monoisotopic (exact) mass is 355 g/mol. The number of pyridine rings is 1. The Kier molecular flexibility index (Phi) is 3.69. The summed E-state index contributed by atoms with van der Waals surface area (Å²) < 4.78 is 1.87. The Morgan fingerprint density at radius 3 is 2.71 bits per heavy atom. The van der Waals surface area contributed by atoms with Crippen LogP contribution in [0.2, 0.25) is 0 Å². The molecule has 0 atom stereocenters. The summed E-state index contributed by atoms with van der Waals surface area (Å²) in [4.78, 5) is 4.00. The number of hydrogen-bond donors (Lipinski definition) is 2. The van der Waals surface area contributed by atoms with Crippen LogP contribution in [-0.2, 0) is 0 Å². The van der Waals surface area contributed by atoms with Crippen LogP contribution in [0.1, 0.15) is 5.56 Å². The minimum atomic E-state index is 0.610. The number of rotatable bonds is 2. The molecule has 0 aliphatic rings. The molecule has 1 heterocycles. The van der Waals surface area contributed by atoms with Crippen LogP contribution in [0.3, 0.4) is 0 Å². The van der Waals surface area contributed by atoms with Crippen molar-refractivity contribution in [1.29, 1.82) is 0 Å². The minimum Gasteiger partial charge on any atom is -0.396 e. The average Bonchev–Trinajstić information content (AvgIpc) is 2.28. The molecule has 0 saturated heterocycles. The third-order valence-electron chi connectivity index (χ3n) is 2.39. The first-order valence-electron chi connectivity index (χ1n) is 5.00. The van der Waals surface area contributed by atoms with E-state index >= 15 is 0 Å². The van der Waals surface area contributed by atoms with Gasteiger partial charge < -0.3 is 11.1 Å². The van der Waals surface area contributed by atoms with E-state index in [0.717, 1.165) is 25.9 Å². The van der Waals surface area contributed by atoms with Gasteiger partial charge in [-0.1, -0.05) is 22.0 Å². The van der Waals surface area contributed by atoms with Gasteiger partial charge in [0, 0.05) is 16.4 Å². The minimum absolute atomic E-state index is 0.610. The van der Waals surface area contributed by atoms with E-state index in [0.29, 0.717) is 5.69 Å². The standard InChI is InChI=1S/C12H11Br2N3/c1-7-2-3-8(13)4-11(7)17-12-9(14)5-16-6-10(12)15/h2-6H,15H2,1H3,(H,16,17). The third kappa shape index (κ3) is 2.79. The summed E-state index contributed by atoms with van der Waals surface area (Å²) >= 11 is 6.88. The lowest BCUT2D eigenvalue weighted by atomic mass is 10.2. The van der Waals surface area contributed by atoms with E-state index in [9.17, 15) is 0 Å². The Hall–Kier alpha value is -1.07. The zero-order chi connectivity index (χ0) is 12.4. The van der Waals surface area contributed by atoms with Gasteiger partial charge in [-0.25, -0.2) is 0 Å². The van der Waals surface area contributed by atoms with Gasteiger partial charge in [-0.15, -0.1) is 0 Å². The van der Waals surface area contributed by atoms with Crippen LogP contribution in [-0.4, -0.2) is 4.98 Å². The average molecular weight is 357 g/mol. The summed E-state index contributed by atoms with van der Waals surface area (Å²) in [6.07, 6.45) is 3.34. The van der Waals surface area contributed by atoms with E-state index in [4.69, 9.17) is 5.73 Å². The molecule has 88 valence electrons. The van der Waals surface area contributed by atoms with Gasteiger partial charge in [0.05, 0.1) is 22.0 Å². The highest BCUT2D eigenvalue weighted by Gasteiger charge is 2.07. The van der Waals surface area contributed by atoms with E-state index in [1.807, 2.05) is 25.1 Å². The van der Waals surface area contributed by atoms with Crippen molar-refractivity contribution in [3.05, 3.63) is 45.1 Å². The number of aromatic nitrogens is 1. The lowest BCUT2D eigenvalue weighted by molar-refractivity contribution is 1.30.